The van der Waals surface area contributed by atoms with E-state index < -0.39 is 0 Å². The number of halogens is 1. The molecule has 0 bridgehead atoms. The zero-order valence-corrected chi connectivity index (χ0v) is 12.1. The summed E-state index contributed by atoms with van der Waals surface area (Å²) < 4.78 is 0.984. The highest BCUT2D eigenvalue weighted by Crippen LogP contribution is 2.19. The van der Waals surface area contributed by atoms with E-state index in [0.717, 1.165) is 10.0 Å². The van der Waals surface area contributed by atoms with E-state index in [9.17, 15) is 4.79 Å². The molecule has 5 heteroatoms. The molecule has 2 N–H and O–H groups in total. The number of anilines is 1. The molecule has 0 unspecified atom stereocenters. The van der Waals surface area contributed by atoms with Crippen molar-refractivity contribution in [3.63, 3.8) is 0 Å². The van der Waals surface area contributed by atoms with Crippen molar-refractivity contribution >= 4 is 27.5 Å². The van der Waals surface area contributed by atoms with Crippen LogP contribution in [0.5, 0.6) is 0 Å². The largest absolute Gasteiger partial charge is 0.397 e. The van der Waals surface area contributed by atoms with Crippen LogP contribution in [-0.2, 0) is 6.54 Å². The molecule has 0 aliphatic heterocycles. The standard InChI is InChI=1S/C14H14BrN3O/c1-18(9-10-4-2-3-5-12(10)15)14(19)11-6-7-17-8-13(11)16/h2-8H,9,16H2,1H3. The van der Waals surface area contributed by atoms with Crippen LogP contribution < -0.4 is 5.73 Å². The number of amides is 1. The van der Waals surface area contributed by atoms with Gasteiger partial charge < -0.3 is 10.6 Å². The van der Waals surface area contributed by atoms with Crippen LogP contribution in [0.2, 0.25) is 0 Å². The van der Waals surface area contributed by atoms with Gasteiger partial charge in [-0.1, -0.05) is 34.1 Å². The van der Waals surface area contributed by atoms with Crippen LogP contribution in [0.15, 0.2) is 47.2 Å². The number of benzene rings is 1. The van der Waals surface area contributed by atoms with Crippen LogP contribution in [-0.4, -0.2) is 22.8 Å². The molecule has 2 aromatic rings. The van der Waals surface area contributed by atoms with E-state index in [1.54, 1.807) is 24.2 Å². The summed E-state index contributed by atoms with van der Waals surface area (Å²) in [7, 11) is 1.75. The lowest BCUT2D eigenvalue weighted by molar-refractivity contribution is 0.0786. The molecule has 0 aliphatic carbocycles. The minimum atomic E-state index is -0.115. The first-order valence-electron chi connectivity index (χ1n) is 5.78. The smallest absolute Gasteiger partial charge is 0.256 e. The van der Waals surface area contributed by atoms with Crippen molar-refractivity contribution in [2.45, 2.75) is 6.54 Å². The van der Waals surface area contributed by atoms with Crippen LogP contribution in [0.1, 0.15) is 15.9 Å². The summed E-state index contributed by atoms with van der Waals surface area (Å²) >= 11 is 3.47. The Morgan fingerprint density at radius 3 is 2.79 bits per heavy atom. The van der Waals surface area contributed by atoms with Gasteiger partial charge in [0.1, 0.15) is 0 Å². The molecule has 0 spiro atoms. The van der Waals surface area contributed by atoms with Crippen molar-refractivity contribution < 1.29 is 4.79 Å². The molecular weight excluding hydrogens is 306 g/mol. The normalized spacial score (nSPS) is 10.2. The third-order valence-electron chi connectivity index (χ3n) is 2.79. The number of aromatic nitrogens is 1. The van der Waals surface area contributed by atoms with Gasteiger partial charge in [0.05, 0.1) is 17.4 Å². The molecule has 0 saturated heterocycles. The maximum atomic E-state index is 12.3. The molecule has 2 rings (SSSR count). The molecular formula is C14H14BrN3O. The van der Waals surface area contributed by atoms with Gasteiger partial charge in [-0.3, -0.25) is 9.78 Å². The zero-order valence-electron chi connectivity index (χ0n) is 10.5. The second kappa shape index (κ2) is 5.84. The number of hydrogen-bond acceptors (Lipinski definition) is 3. The molecule has 0 aliphatic rings. The summed E-state index contributed by atoms with van der Waals surface area (Å²) in [5, 5.41) is 0. The summed E-state index contributed by atoms with van der Waals surface area (Å²) in [6.07, 6.45) is 3.05. The fraction of sp³-hybridized carbons (Fsp3) is 0.143. The highest BCUT2D eigenvalue weighted by molar-refractivity contribution is 9.10. The quantitative estimate of drug-likeness (QED) is 0.946. The topological polar surface area (TPSA) is 59.2 Å². The first-order chi connectivity index (χ1) is 9.09. The molecule has 0 fully saturated rings. The maximum absolute atomic E-state index is 12.3. The van der Waals surface area contributed by atoms with Gasteiger partial charge in [0.15, 0.2) is 0 Å². The third-order valence-corrected chi connectivity index (χ3v) is 3.57. The molecule has 0 radical (unpaired) electrons. The number of nitrogens with zero attached hydrogens (tertiary/aromatic N) is 2. The summed E-state index contributed by atoms with van der Waals surface area (Å²) in [6, 6.07) is 9.45. The summed E-state index contributed by atoms with van der Waals surface area (Å²) in [5.74, 6) is -0.115. The average molecular weight is 320 g/mol. The Morgan fingerprint density at radius 1 is 1.37 bits per heavy atom. The van der Waals surface area contributed by atoms with Crippen molar-refractivity contribution in [3.8, 4) is 0 Å². The average Bonchev–Trinajstić information content (AvgIpc) is 2.41. The monoisotopic (exact) mass is 319 g/mol. The van der Waals surface area contributed by atoms with E-state index in [2.05, 4.69) is 20.9 Å². The second-order valence-corrected chi connectivity index (χ2v) is 5.07. The molecule has 1 aromatic carbocycles. The van der Waals surface area contributed by atoms with Gasteiger partial charge in [0.25, 0.3) is 5.91 Å². The molecule has 1 aromatic heterocycles. The molecule has 1 heterocycles. The van der Waals surface area contributed by atoms with E-state index in [1.165, 1.54) is 6.20 Å². The number of pyridine rings is 1. The van der Waals surface area contributed by atoms with E-state index in [1.807, 2.05) is 24.3 Å². The minimum Gasteiger partial charge on any atom is -0.397 e. The van der Waals surface area contributed by atoms with Crippen LogP contribution in [0.4, 0.5) is 5.69 Å². The number of nitrogens with two attached hydrogens (primary N) is 1. The molecule has 1 amide bonds. The summed E-state index contributed by atoms with van der Waals surface area (Å²) in [6.45, 7) is 0.516. The van der Waals surface area contributed by atoms with Gasteiger partial charge in [0, 0.05) is 24.3 Å². The molecule has 4 nitrogen and oxygen atoms in total. The molecule has 19 heavy (non-hydrogen) atoms. The van der Waals surface area contributed by atoms with Crippen molar-refractivity contribution in [1.82, 2.24) is 9.88 Å². The summed E-state index contributed by atoms with van der Waals surface area (Å²) in [5.41, 5.74) is 7.68. The number of hydrogen-bond donors (Lipinski definition) is 1. The fourth-order valence-electron chi connectivity index (χ4n) is 1.76. The van der Waals surface area contributed by atoms with Gasteiger partial charge in [-0.15, -0.1) is 0 Å². The highest BCUT2D eigenvalue weighted by Gasteiger charge is 2.15. The van der Waals surface area contributed by atoms with Crippen molar-refractivity contribution in [3.05, 3.63) is 58.3 Å². The van der Waals surface area contributed by atoms with Crippen LogP contribution >= 0.6 is 15.9 Å². The number of carbonyl (C=O) groups excluding carboxylic acids is 1. The maximum Gasteiger partial charge on any atom is 0.256 e. The number of nitrogen functional groups attached to an aromatic ring is 1. The number of rotatable bonds is 3. The Labute approximate surface area is 120 Å². The minimum absolute atomic E-state index is 0.115. The Kier molecular flexibility index (Phi) is 4.16. The van der Waals surface area contributed by atoms with Crippen LogP contribution in [0, 0.1) is 0 Å². The second-order valence-electron chi connectivity index (χ2n) is 4.22. The first-order valence-corrected chi connectivity index (χ1v) is 6.57. The Morgan fingerprint density at radius 2 is 2.11 bits per heavy atom. The predicted octanol–water partition coefficient (Wildman–Crippen LogP) is 2.70. The van der Waals surface area contributed by atoms with Crippen LogP contribution in [0.25, 0.3) is 0 Å². The van der Waals surface area contributed by atoms with Crippen molar-refractivity contribution in [2.24, 2.45) is 0 Å². The molecule has 0 atom stereocenters. The lowest BCUT2D eigenvalue weighted by atomic mass is 10.1. The van der Waals surface area contributed by atoms with Crippen molar-refractivity contribution in [1.29, 1.82) is 0 Å². The highest BCUT2D eigenvalue weighted by atomic mass is 79.9. The third kappa shape index (κ3) is 3.12. The molecule has 0 saturated carbocycles. The van der Waals surface area contributed by atoms with E-state index in [4.69, 9.17) is 5.73 Å². The predicted molar refractivity (Wildman–Crippen MR) is 78.6 cm³/mol. The van der Waals surface area contributed by atoms with Gasteiger partial charge in [0.2, 0.25) is 0 Å². The van der Waals surface area contributed by atoms with Crippen LogP contribution in [0.3, 0.4) is 0 Å². The van der Waals surface area contributed by atoms with Crippen molar-refractivity contribution in [2.75, 3.05) is 12.8 Å². The van der Waals surface area contributed by atoms with Gasteiger partial charge in [-0.05, 0) is 17.7 Å². The Balaban J connectivity index is 2.17. The first kappa shape index (κ1) is 13.5. The SMILES string of the molecule is CN(Cc1ccccc1Br)C(=O)c1ccncc1N. The fourth-order valence-corrected chi connectivity index (χ4v) is 2.17. The number of carbonyl (C=O) groups is 1. The van der Waals surface area contributed by atoms with Gasteiger partial charge in [-0.25, -0.2) is 0 Å². The Hall–Kier alpha value is -1.88. The zero-order chi connectivity index (χ0) is 13.8. The Bertz CT molecular complexity index is 601. The van der Waals surface area contributed by atoms with E-state index >= 15 is 0 Å². The molecule has 98 valence electrons. The van der Waals surface area contributed by atoms with Gasteiger partial charge in [-0.2, -0.15) is 0 Å². The lowest BCUT2D eigenvalue weighted by Crippen LogP contribution is -2.27. The lowest BCUT2D eigenvalue weighted by Gasteiger charge is -2.18. The van der Waals surface area contributed by atoms with E-state index in [0.29, 0.717) is 17.8 Å². The van der Waals surface area contributed by atoms with Gasteiger partial charge >= 0.3 is 0 Å². The van der Waals surface area contributed by atoms with E-state index in [-0.39, 0.29) is 5.91 Å². The summed E-state index contributed by atoms with van der Waals surface area (Å²) in [4.78, 5) is 17.8.